The van der Waals surface area contributed by atoms with Crippen molar-refractivity contribution in [2.75, 3.05) is 33.3 Å². The van der Waals surface area contributed by atoms with Crippen LogP contribution in [0, 0.1) is 6.92 Å². The van der Waals surface area contributed by atoms with Crippen LogP contribution in [0.2, 0.25) is 0 Å². The molecule has 180 valence electrons. The van der Waals surface area contributed by atoms with E-state index >= 15 is 0 Å². The highest BCUT2D eigenvalue weighted by Gasteiger charge is 2.38. The first-order valence-electron chi connectivity index (χ1n) is 11.4. The minimum atomic E-state index is -0.226. The van der Waals surface area contributed by atoms with Crippen LogP contribution in [-0.4, -0.2) is 87.0 Å². The van der Waals surface area contributed by atoms with Gasteiger partial charge in [0.25, 0.3) is 5.91 Å². The zero-order chi connectivity index (χ0) is 24.4. The summed E-state index contributed by atoms with van der Waals surface area (Å²) < 4.78 is 11.5. The summed E-state index contributed by atoms with van der Waals surface area (Å²) in [5, 5.41) is 0. The SMILES string of the molecule is COc1ncnc(C)c1-c1cccc(C(=O)N2CC3CN(C(=O)Cc4cncnc4)CC(C2)O3)c1. The van der Waals surface area contributed by atoms with Gasteiger partial charge in [-0.2, -0.15) is 0 Å². The maximum absolute atomic E-state index is 13.4. The Labute approximate surface area is 202 Å². The summed E-state index contributed by atoms with van der Waals surface area (Å²) in [5.41, 5.74) is 3.71. The smallest absolute Gasteiger partial charge is 0.254 e. The summed E-state index contributed by atoms with van der Waals surface area (Å²) in [7, 11) is 1.56. The Bertz CT molecular complexity index is 1220. The Balaban J connectivity index is 1.28. The quantitative estimate of drug-likeness (QED) is 0.548. The van der Waals surface area contributed by atoms with E-state index in [0.29, 0.717) is 37.6 Å². The van der Waals surface area contributed by atoms with E-state index in [4.69, 9.17) is 9.47 Å². The minimum absolute atomic E-state index is 0.0139. The molecule has 2 atom stereocenters. The molecule has 0 aliphatic carbocycles. The predicted molar refractivity (Wildman–Crippen MR) is 126 cm³/mol. The number of nitrogens with zero attached hydrogens (tertiary/aromatic N) is 6. The van der Waals surface area contributed by atoms with E-state index in [1.54, 1.807) is 25.6 Å². The number of ether oxygens (including phenoxy) is 2. The first-order chi connectivity index (χ1) is 17.0. The van der Waals surface area contributed by atoms with E-state index in [0.717, 1.165) is 22.4 Å². The Morgan fingerprint density at radius 1 is 1.03 bits per heavy atom. The van der Waals surface area contributed by atoms with Gasteiger partial charge in [0.1, 0.15) is 12.7 Å². The maximum atomic E-state index is 13.4. The van der Waals surface area contributed by atoms with Gasteiger partial charge in [-0.3, -0.25) is 9.59 Å². The fourth-order valence-electron chi connectivity index (χ4n) is 4.70. The van der Waals surface area contributed by atoms with Gasteiger partial charge in [-0.15, -0.1) is 0 Å². The average Bonchev–Trinajstić information content (AvgIpc) is 2.88. The lowest BCUT2D eigenvalue weighted by Crippen LogP contribution is -2.61. The number of rotatable bonds is 5. The van der Waals surface area contributed by atoms with Crippen LogP contribution in [0.5, 0.6) is 5.88 Å². The zero-order valence-electron chi connectivity index (χ0n) is 19.6. The van der Waals surface area contributed by atoms with E-state index < -0.39 is 0 Å². The van der Waals surface area contributed by atoms with Crippen molar-refractivity contribution in [2.45, 2.75) is 25.6 Å². The first-order valence-corrected chi connectivity index (χ1v) is 11.4. The van der Waals surface area contributed by atoms with Crippen LogP contribution in [0.15, 0.2) is 49.3 Å². The first kappa shape index (κ1) is 22.9. The van der Waals surface area contributed by atoms with Crippen molar-refractivity contribution in [3.8, 4) is 17.0 Å². The lowest BCUT2D eigenvalue weighted by atomic mass is 10.0. The molecule has 5 rings (SSSR count). The zero-order valence-corrected chi connectivity index (χ0v) is 19.6. The van der Waals surface area contributed by atoms with E-state index in [9.17, 15) is 9.59 Å². The third-order valence-corrected chi connectivity index (χ3v) is 6.28. The van der Waals surface area contributed by atoms with Gasteiger partial charge in [-0.1, -0.05) is 12.1 Å². The number of aromatic nitrogens is 4. The lowest BCUT2D eigenvalue weighted by Gasteiger charge is -2.45. The van der Waals surface area contributed by atoms with E-state index in [1.807, 2.05) is 34.9 Å². The molecule has 0 saturated carbocycles. The largest absolute Gasteiger partial charge is 0.480 e. The number of hydrogen-bond donors (Lipinski definition) is 0. The monoisotopic (exact) mass is 474 g/mol. The molecule has 10 heteroatoms. The van der Waals surface area contributed by atoms with Gasteiger partial charge in [0.05, 0.1) is 37.0 Å². The molecule has 0 spiro atoms. The van der Waals surface area contributed by atoms with Gasteiger partial charge >= 0.3 is 0 Å². The summed E-state index contributed by atoms with van der Waals surface area (Å²) in [4.78, 5) is 46.3. The number of fused-ring (bicyclic) bond motifs is 2. The highest BCUT2D eigenvalue weighted by atomic mass is 16.5. The van der Waals surface area contributed by atoms with Crippen LogP contribution in [0.1, 0.15) is 21.6 Å². The van der Waals surface area contributed by atoms with E-state index in [2.05, 4.69) is 19.9 Å². The fourth-order valence-corrected chi connectivity index (χ4v) is 4.70. The van der Waals surface area contributed by atoms with Crippen molar-refractivity contribution in [1.82, 2.24) is 29.7 Å². The standard InChI is InChI=1S/C25H26N6O4/c1-16-23(24(34-2)29-15-28-16)18-4-3-5-19(7-18)25(33)31-12-20-10-30(11-21(13-31)35-20)22(32)6-17-8-26-14-27-9-17/h3-5,7-9,14-15,20-21H,6,10-13H2,1-2H3. The van der Waals surface area contributed by atoms with Gasteiger partial charge in [0.15, 0.2) is 0 Å². The van der Waals surface area contributed by atoms with Crippen LogP contribution in [-0.2, 0) is 16.0 Å². The normalized spacial score (nSPS) is 19.4. The molecular formula is C25H26N6O4. The van der Waals surface area contributed by atoms with Crippen LogP contribution in [0.25, 0.3) is 11.1 Å². The summed E-state index contributed by atoms with van der Waals surface area (Å²) in [6, 6.07) is 7.42. The number of morpholine rings is 2. The second-order valence-corrected chi connectivity index (χ2v) is 8.74. The van der Waals surface area contributed by atoms with Crippen LogP contribution >= 0.6 is 0 Å². The van der Waals surface area contributed by atoms with Crippen molar-refractivity contribution in [3.05, 3.63) is 66.1 Å². The highest BCUT2D eigenvalue weighted by Crippen LogP contribution is 2.31. The number of methoxy groups -OCH3 is 1. The fraction of sp³-hybridized carbons (Fsp3) is 0.360. The number of benzene rings is 1. The molecule has 2 unspecified atom stereocenters. The Kier molecular flexibility index (Phi) is 6.37. The van der Waals surface area contributed by atoms with E-state index in [-0.39, 0.29) is 30.4 Å². The van der Waals surface area contributed by atoms with Gasteiger partial charge in [0, 0.05) is 44.1 Å². The summed E-state index contributed by atoms with van der Waals surface area (Å²) in [6.07, 6.45) is 6.01. The van der Waals surface area contributed by atoms with Crippen LogP contribution in [0.4, 0.5) is 0 Å². The van der Waals surface area contributed by atoms with Crippen molar-refractivity contribution in [2.24, 2.45) is 0 Å². The molecule has 2 aliphatic heterocycles. The molecule has 4 heterocycles. The number of carbonyl (C=O) groups is 2. The molecule has 35 heavy (non-hydrogen) atoms. The van der Waals surface area contributed by atoms with Crippen LogP contribution < -0.4 is 4.74 Å². The third kappa shape index (κ3) is 4.83. The van der Waals surface area contributed by atoms with Gasteiger partial charge < -0.3 is 19.3 Å². The second kappa shape index (κ2) is 9.75. The molecule has 10 nitrogen and oxygen atoms in total. The minimum Gasteiger partial charge on any atom is -0.480 e. The van der Waals surface area contributed by atoms with Gasteiger partial charge in [-0.05, 0) is 30.2 Å². The number of hydrogen-bond acceptors (Lipinski definition) is 8. The molecule has 2 amide bonds. The Morgan fingerprint density at radius 2 is 1.74 bits per heavy atom. The molecule has 2 fully saturated rings. The topological polar surface area (TPSA) is 111 Å². The summed E-state index contributed by atoms with van der Waals surface area (Å²) >= 11 is 0. The predicted octanol–water partition coefficient (Wildman–Crippen LogP) is 1.55. The molecular weight excluding hydrogens is 448 g/mol. The van der Waals surface area contributed by atoms with Crippen molar-refractivity contribution in [3.63, 3.8) is 0 Å². The van der Waals surface area contributed by atoms with Crippen molar-refractivity contribution in [1.29, 1.82) is 0 Å². The number of carbonyl (C=O) groups excluding carboxylic acids is 2. The number of amides is 2. The van der Waals surface area contributed by atoms with Gasteiger partial charge in [0.2, 0.25) is 11.8 Å². The molecule has 2 bridgehead atoms. The molecule has 0 radical (unpaired) electrons. The Morgan fingerprint density at radius 3 is 2.46 bits per heavy atom. The molecule has 2 aromatic heterocycles. The molecule has 1 aromatic carbocycles. The van der Waals surface area contributed by atoms with Crippen LogP contribution in [0.3, 0.4) is 0 Å². The molecule has 3 aromatic rings. The second-order valence-electron chi connectivity index (χ2n) is 8.74. The third-order valence-electron chi connectivity index (χ3n) is 6.28. The summed E-state index contributed by atoms with van der Waals surface area (Å²) in [6.45, 7) is 3.63. The maximum Gasteiger partial charge on any atom is 0.254 e. The number of aryl methyl sites for hydroxylation is 1. The molecule has 2 aliphatic rings. The average molecular weight is 475 g/mol. The highest BCUT2D eigenvalue weighted by molar-refractivity contribution is 5.96. The van der Waals surface area contributed by atoms with Crippen molar-refractivity contribution < 1.29 is 19.1 Å². The van der Waals surface area contributed by atoms with E-state index in [1.165, 1.54) is 12.7 Å². The molecule has 0 N–H and O–H groups in total. The summed E-state index contributed by atoms with van der Waals surface area (Å²) in [5.74, 6) is 0.412. The lowest BCUT2D eigenvalue weighted by molar-refractivity contribution is -0.156. The van der Waals surface area contributed by atoms with Gasteiger partial charge in [-0.25, -0.2) is 19.9 Å². The Hall–Kier alpha value is -3.92. The van der Waals surface area contributed by atoms with Crippen molar-refractivity contribution >= 4 is 11.8 Å². The molecule has 2 saturated heterocycles.